The average molecular weight is 365 g/mol. The van der Waals surface area contributed by atoms with Gasteiger partial charge >= 0.3 is 0 Å². The lowest BCUT2D eigenvalue weighted by atomic mass is 10.0. The third-order valence-corrected chi connectivity index (χ3v) is 5.23. The summed E-state index contributed by atoms with van der Waals surface area (Å²) in [7, 11) is -2.31. The first-order valence-corrected chi connectivity index (χ1v) is 9.56. The summed E-state index contributed by atoms with van der Waals surface area (Å²) >= 11 is 0. The van der Waals surface area contributed by atoms with Crippen LogP contribution in [0.2, 0.25) is 0 Å². The number of ether oxygens (including phenoxy) is 1. The van der Waals surface area contributed by atoms with Gasteiger partial charge in [0.05, 0.1) is 17.7 Å². The molecule has 0 N–H and O–H groups in total. The van der Waals surface area contributed by atoms with Gasteiger partial charge in [-0.2, -0.15) is 12.8 Å². The van der Waals surface area contributed by atoms with Crippen LogP contribution < -0.4 is 4.74 Å². The van der Waals surface area contributed by atoms with Crippen molar-refractivity contribution in [2.75, 3.05) is 7.11 Å². The van der Waals surface area contributed by atoms with Crippen LogP contribution in [0, 0.1) is 6.92 Å². The highest BCUT2D eigenvalue weighted by molar-refractivity contribution is 7.90. The van der Waals surface area contributed by atoms with E-state index in [0.717, 1.165) is 5.56 Å². The zero-order valence-corrected chi connectivity index (χ0v) is 15.4. The molecule has 4 nitrogen and oxygen atoms in total. The minimum Gasteiger partial charge on any atom is -0.496 e. The molecular formula is C21H19NO3S. The van der Waals surface area contributed by atoms with Gasteiger partial charge in [-0.3, -0.25) is 0 Å². The summed E-state index contributed by atoms with van der Waals surface area (Å²) < 4.78 is 35.3. The number of hydrogen-bond acceptors (Lipinski definition) is 3. The number of rotatable bonds is 5. The summed E-state index contributed by atoms with van der Waals surface area (Å²) in [6, 6.07) is 23.1. The molecular weight excluding hydrogens is 346 g/mol. The first-order valence-electron chi connectivity index (χ1n) is 8.12. The number of nitrogens with zero attached hydrogens (tertiary/aromatic N) is 1. The minimum absolute atomic E-state index is 0.159. The molecule has 0 spiro atoms. The summed E-state index contributed by atoms with van der Waals surface area (Å²) in [6.45, 7) is 1.91. The number of hydrogen-bond donors (Lipinski definition) is 0. The Hall–Kier alpha value is -2.92. The zero-order valence-electron chi connectivity index (χ0n) is 14.6. The van der Waals surface area contributed by atoms with Crippen LogP contribution in [0.3, 0.4) is 0 Å². The van der Waals surface area contributed by atoms with Gasteiger partial charge in [-0.15, -0.1) is 0 Å². The predicted octanol–water partition coefficient (Wildman–Crippen LogP) is 4.23. The number of methoxy groups -OCH3 is 1. The highest BCUT2D eigenvalue weighted by Gasteiger charge is 2.19. The molecule has 3 aromatic carbocycles. The van der Waals surface area contributed by atoms with Crippen molar-refractivity contribution in [3.05, 3.63) is 95.6 Å². The first-order chi connectivity index (χ1) is 12.5. The van der Waals surface area contributed by atoms with Gasteiger partial charge in [0, 0.05) is 11.1 Å². The zero-order chi connectivity index (χ0) is 18.6. The van der Waals surface area contributed by atoms with E-state index in [1.807, 2.05) is 49.4 Å². The fourth-order valence-electron chi connectivity index (χ4n) is 2.58. The fourth-order valence-corrected chi connectivity index (χ4v) is 3.61. The molecule has 0 fully saturated rings. The van der Waals surface area contributed by atoms with Gasteiger partial charge in [0.1, 0.15) is 5.75 Å². The molecule has 0 radical (unpaired) electrons. The second-order valence-corrected chi connectivity index (χ2v) is 7.40. The lowest BCUT2D eigenvalue weighted by Crippen LogP contribution is -2.10. The highest BCUT2D eigenvalue weighted by atomic mass is 32.2. The minimum atomic E-state index is -3.87. The number of benzene rings is 3. The van der Waals surface area contributed by atoms with E-state index >= 15 is 0 Å². The molecule has 0 atom stereocenters. The molecule has 0 unspecified atom stereocenters. The van der Waals surface area contributed by atoms with E-state index in [4.69, 9.17) is 4.74 Å². The molecule has 132 valence electrons. The molecule has 3 aromatic rings. The van der Waals surface area contributed by atoms with Crippen LogP contribution in [0.15, 0.2) is 88.2 Å². The maximum atomic E-state index is 12.9. The molecule has 5 heteroatoms. The summed E-state index contributed by atoms with van der Waals surface area (Å²) in [5.74, 6) is 0.564. The van der Waals surface area contributed by atoms with Gasteiger partial charge in [-0.25, -0.2) is 0 Å². The van der Waals surface area contributed by atoms with Crippen molar-refractivity contribution in [3.8, 4) is 5.75 Å². The SMILES string of the molecule is COc1ccccc1/C(=N/S(=O)(=O)c1ccc(C)cc1)c1ccccc1. The molecule has 0 aliphatic heterocycles. The number of aryl methyl sites for hydroxylation is 1. The van der Waals surface area contributed by atoms with Gasteiger partial charge < -0.3 is 4.74 Å². The van der Waals surface area contributed by atoms with E-state index in [9.17, 15) is 8.42 Å². The molecule has 0 heterocycles. The normalized spacial score (nSPS) is 12.0. The van der Waals surface area contributed by atoms with Crippen molar-refractivity contribution in [3.63, 3.8) is 0 Å². The van der Waals surface area contributed by atoms with E-state index in [0.29, 0.717) is 22.6 Å². The van der Waals surface area contributed by atoms with Crippen LogP contribution in [0.25, 0.3) is 0 Å². The van der Waals surface area contributed by atoms with Crippen molar-refractivity contribution in [1.82, 2.24) is 0 Å². The monoisotopic (exact) mass is 365 g/mol. The topological polar surface area (TPSA) is 55.7 Å². The van der Waals surface area contributed by atoms with Gasteiger partial charge in [0.25, 0.3) is 10.0 Å². The largest absolute Gasteiger partial charge is 0.496 e. The Morgan fingerprint density at radius 2 is 1.46 bits per heavy atom. The number of para-hydroxylation sites is 1. The van der Waals surface area contributed by atoms with Crippen LogP contribution >= 0.6 is 0 Å². The lowest BCUT2D eigenvalue weighted by Gasteiger charge is -2.12. The molecule has 0 aromatic heterocycles. The molecule has 0 saturated carbocycles. The van der Waals surface area contributed by atoms with Crippen LogP contribution in [-0.2, 0) is 10.0 Å². The Morgan fingerprint density at radius 1 is 0.846 bits per heavy atom. The maximum absolute atomic E-state index is 12.9. The standard InChI is InChI=1S/C21H19NO3S/c1-16-12-14-18(15-13-16)26(23,24)22-21(17-8-4-3-5-9-17)19-10-6-7-11-20(19)25-2/h3-15H,1-2H3/b22-21+. The first kappa shape index (κ1) is 17.9. The summed E-state index contributed by atoms with van der Waals surface area (Å²) in [5, 5.41) is 0. The maximum Gasteiger partial charge on any atom is 0.282 e. The lowest BCUT2D eigenvalue weighted by molar-refractivity contribution is 0.414. The molecule has 0 aliphatic carbocycles. The van der Waals surface area contributed by atoms with E-state index < -0.39 is 10.0 Å². The Labute approximate surface area is 153 Å². The summed E-state index contributed by atoms with van der Waals surface area (Å²) in [6.07, 6.45) is 0. The Kier molecular flexibility index (Phi) is 5.19. The second-order valence-electron chi connectivity index (χ2n) is 5.79. The third kappa shape index (κ3) is 3.83. The van der Waals surface area contributed by atoms with E-state index in [-0.39, 0.29) is 4.90 Å². The van der Waals surface area contributed by atoms with Crippen molar-refractivity contribution in [2.24, 2.45) is 4.40 Å². The van der Waals surface area contributed by atoms with Gasteiger partial charge in [0.15, 0.2) is 0 Å². The molecule has 0 saturated heterocycles. The summed E-state index contributed by atoms with van der Waals surface area (Å²) in [4.78, 5) is 0.159. The van der Waals surface area contributed by atoms with Crippen molar-refractivity contribution in [2.45, 2.75) is 11.8 Å². The Balaban J connectivity index is 2.21. The number of sulfonamides is 1. The molecule has 0 bridgehead atoms. The smallest absolute Gasteiger partial charge is 0.282 e. The van der Waals surface area contributed by atoms with Crippen molar-refractivity contribution >= 4 is 15.7 Å². The van der Waals surface area contributed by atoms with Crippen molar-refractivity contribution < 1.29 is 13.2 Å². The molecule has 26 heavy (non-hydrogen) atoms. The molecule has 0 amide bonds. The van der Waals surface area contributed by atoms with E-state index in [2.05, 4.69) is 4.40 Å². The van der Waals surface area contributed by atoms with E-state index in [1.165, 1.54) is 0 Å². The Bertz CT molecular complexity index is 1020. The summed E-state index contributed by atoms with van der Waals surface area (Å²) in [5.41, 5.74) is 2.66. The molecule has 3 rings (SSSR count). The average Bonchev–Trinajstić information content (AvgIpc) is 2.67. The van der Waals surface area contributed by atoms with Crippen LogP contribution in [0.4, 0.5) is 0 Å². The van der Waals surface area contributed by atoms with Crippen LogP contribution in [0.5, 0.6) is 5.75 Å². The highest BCUT2D eigenvalue weighted by Crippen LogP contribution is 2.24. The van der Waals surface area contributed by atoms with Crippen LogP contribution in [0.1, 0.15) is 16.7 Å². The fraction of sp³-hybridized carbons (Fsp3) is 0.0952. The Morgan fingerprint density at radius 3 is 2.12 bits per heavy atom. The van der Waals surface area contributed by atoms with Crippen molar-refractivity contribution in [1.29, 1.82) is 0 Å². The van der Waals surface area contributed by atoms with Crippen LogP contribution in [-0.4, -0.2) is 21.2 Å². The predicted molar refractivity (Wildman–Crippen MR) is 103 cm³/mol. The quantitative estimate of drug-likeness (QED) is 0.636. The van der Waals surface area contributed by atoms with Gasteiger partial charge in [0.2, 0.25) is 0 Å². The third-order valence-electron chi connectivity index (χ3n) is 3.94. The van der Waals surface area contributed by atoms with Gasteiger partial charge in [-0.05, 0) is 31.2 Å². The van der Waals surface area contributed by atoms with Gasteiger partial charge in [-0.1, -0.05) is 60.2 Å². The molecule has 0 aliphatic rings. The van der Waals surface area contributed by atoms with E-state index in [1.54, 1.807) is 43.5 Å². The second kappa shape index (κ2) is 7.54.